The van der Waals surface area contributed by atoms with Crippen molar-refractivity contribution in [3.63, 3.8) is 0 Å². The number of hydrogen-bond acceptors (Lipinski definition) is 2. The van der Waals surface area contributed by atoms with Crippen LogP contribution in [-0.2, 0) is 0 Å². The third-order valence-electron chi connectivity index (χ3n) is 3.16. The van der Waals surface area contributed by atoms with Crippen LogP contribution < -0.4 is 5.32 Å². The van der Waals surface area contributed by atoms with E-state index in [1.807, 2.05) is 0 Å². The number of hydrogen-bond donors (Lipinski definition) is 1. The van der Waals surface area contributed by atoms with Crippen LogP contribution in [0.5, 0.6) is 0 Å². The highest BCUT2D eigenvalue weighted by atomic mass is 15.0. The van der Waals surface area contributed by atoms with Gasteiger partial charge in [-0.2, -0.15) is 5.26 Å². The molecule has 14 heavy (non-hydrogen) atoms. The zero-order valence-electron chi connectivity index (χ0n) is 9.69. The normalized spacial score (nSPS) is 31.0. The number of nitrogens with one attached hydrogen (secondary N) is 1. The summed E-state index contributed by atoms with van der Waals surface area (Å²) in [5, 5.41) is 12.7. The Morgan fingerprint density at radius 2 is 2.07 bits per heavy atom. The topological polar surface area (TPSA) is 35.8 Å². The van der Waals surface area contributed by atoms with Gasteiger partial charge in [0.25, 0.3) is 0 Å². The maximum Gasteiger partial charge on any atom is 0.107 e. The summed E-state index contributed by atoms with van der Waals surface area (Å²) in [6, 6.07) is 2.50. The molecule has 0 spiro atoms. The van der Waals surface area contributed by atoms with Gasteiger partial charge >= 0.3 is 0 Å². The van der Waals surface area contributed by atoms with E-state index < -0.39 is 0 Å². The zero-order valence-corrected chi connectivity index (χ0v) is 9.69. The van der Waals surface area contributed by atoms with Crippen LogP contribution in [0, 0.1) is 16.7 Å². The number of rotatable bonds is 3. The molecule has 0 aromatic heterocycles. The van der Waals surface area contributed by atoms with Crippen molar-refractivity contribution in [3.05, 3.63) is 0 Å². The lowest BCUT2D eigenvalue weighted by molar-refractivity contribution is 0.158. The molecule has 0 radical (unpaired) electrons. The quantitative estimate of drug-likeness (QED) is 0.750. The third kappa shape index (κ3) is 2.72. The summed E-state index contributed by atoms with van der Waals surface area (Å²) >= 11 is 0. The summed E-state index contributed by atoms with van der Waals surface area (Å²) < 4.78 is 0. The molecule has 1 aliphatic rings. The summed E-state index contributed by atoms with van der Waals surface area (Å²) in [5.74, 6) is 0. The van der Waals surface area contributed by atoms with Crippen molar-refractivity contribution in [1.82, 2.24) is 5.32 Å². The van der Waals surface area contributed by atoms with Crippen molar-refractivity contribution in [3.8, 4) is 6.07 Å². The maximum atomic E-state index is 9.29. The molecule has 1 saturated carbocycles. The molecule has 0 saturated heterocycles. The molecule has 0 bridgehead atoms. The van der Waals surface area contributed by atoms with E-state index in [1.165, 1.54) is 12.8 Å². The van der Waals surface area contributed by atoms with E-state index in [0.717, 1.165) is 25.8 Å². The molecule has 0 heterocycles. The van der Waals surface area contributed by atoms with Gasteiger partial charge in [-0.15, -0.1) is 0 Å². The van der Waals surface area contributed by atoms with Crippen molar-refractivity contribution in [2.24, 2.45) is 5.41 Å². The number of nitrogens with zero attached hydrogens (tertiary/aromatic N) is 1. The van der Waals surface area contributed by atoms with E-state index in [1.54, 1.807) is 0 Å². The van der Waals surface area contributed by atoms with Crippen molar-refractivity contribution in [2.75, 3.05) is 6.54 Å². The first-order valence-corrected chi connectivity index (χ1v) is 5.70. The van der Waals surface area contributed by atoms with Crippen molar-refractivity contribution in [2.45, 2.75) is 58.4 Å². The Morgan fingerprint density at radius 1 is 1.36 bits per heavy atom. The highest BCUT2D eigenvalue weighted by molar-refractivity contribution is 5.11. The lowest BCUT2D eigenvalue weighted by Gasteiger charge is -2.41. The summed E-state index contributed by atoms with van der Waals surface area (Å²) in [5.41, 5.74) is 0.0898. The van der Waals surface area contributed by atoms with Gasteiger partial charge in [-0.1, -0.05) is 27.2 Å². The fraction of sp³-hybridized carbons (Fsp3) is 0.917. The molecule has 0 aromatic carbocycles. The predicted octanol–water partition coefficient (Wildman–Crippen LogP) is 2.85. The molecule has 0 aromatic rings. The third-order valence-corrected chi connectivity index (χ3v) is 3.16. The minimum atomic E-state index is -0.238. The second kappa shape index (κ2) is 4.31. The molecule has 80 valence electrons. The maximum absolute atomic E-state index is 9.29. The van der Waals surface area contributed by atoms with Crippen molar-refractivity contribution in [1.29, 1.82) is 5.26 Å². The summed E-state index contributed by atoms with van der Waals surface area (Å²) in [6.45, 7) is 7.65. The molecule has 1 rings (SSSR count). The van der Waals surface area contributed by atoms with E-state index in [9.17, 15) is 5.26 Å². The van der Waals surface area contributed by atoms with Crippen molar-refractivity contribution < 1.29 is 0 Å². The lowest BCUT2D eigenvalue weighted by atomic mass is 9.68. The molecule has 2 heteroatoms. The van der Waals surface area contributed by atoms with Crippen LogP contribution in [0.3, 0.4) is 0 Å². The van der Waals surface area contributed by atoms with Crippen LogP contribution in [0.1, 0.15) is 52.9 Å². The predicted molar refractivity (Wildman–Crippen MR) is 58.9 cm³/mol. The van der Waals surface area contributed by atoms with Gasteiger partial charge < -0.3 is 0 Å². The zero-order chi connectivity index (χ0) is 10.7. The fourth-order valence-corrected chi connectivity index (χ4v) is 2.51. The monoisotopic (exact) mass is 194 g/mol. The van der Waals surface area contributed by atoms with Crippen LogP contribution in [0.4, 0.5) is 0 Å². The van der Waals surface area contributed by atoms with Gasteiger partial charge in [-0.25, -0.2) is 0 Å². The average Bonchev–Trinajstić information content (AvgIpc) is 2.13. The fourth-order valence-electron chi connectivity index (χ4n) is 2.51. The largest absolute Gasteiger partial charge is 0.299 e. The van der Waals surface area contributed by atoms with Crippen LogP contribution in [0.2, 0.25) is 0 Å². The molecular weight excluding hydrogens is 172 g/mol. The first kappa shape index (κ1) is 11.5. The Balaban J connectivity index is 2.65. The van der Waals surface area contributed by atoms with Gasteiger partial charge in [0.1, 0.15) is 5.54 Å². The van der Waals surface area contributed by atoms with Gasteiger partial charge in [-0.3, -0.25) is 5.32 Å². The van der Waals surface area contributed by atoms with Crippen LogP contribution in [0.15, 0.2) is 0 Å². The average molecular weight is 194 g/mol. The molecule has 1 aliphatic carbocycles. The van der Waals surface area contributed by atoms with Crippen LogP contribution in [0.25, 0.3) is 0 Å². The summed E-state index contributed by atoms with van der Waals surface area (Å²) in [6.07, 6.45) is 5.55. The SMILES string of the molecule is CCCNC1(C#N)CCCC(C)(C)C1. The molecule has 1 N–H and O–H groups in total. The first-order chi connectivity index (χ1) is 6.54. The lowest BCUT2D eigenvalue weighted by Crippen LogP contribution is -2.49. The molecule has 2 nitrogen and oxygen atoms in total. The van der Waals surface area contributed by atoms with Gasteiger partial charge in [0, 0.05) is 0 Å². The highest BCUT2D eigenvalue weighted by Crippen LogP contribution is 2.40. The van der Waals surface area contributed by atoms with Crippen molar-refractivity contribution >= 4 is 0 Å². The Morgan fingerprint density at radius 3 is 2.57 bits per heavy atom. The second-order valence-electron chi connectivity index (χ2n) is 5.32. The minimum absolute atomic E-state index is 0.238. The van der Waals surface area contributed by atoms with E-state index in [4.69, 9.17) is 0 Å². The van der Waals surface area contributed by atoms with E-state index in [2.05, 4.69) is 32.2 Å². The molecule has 1 atom stereocenters. The molecule has 0 amide bonds. The van der Waals surface area contributed by atoms with Crippen LogP contribution in [-0.4, -0.2) is 12.1 Å². The number of nitriles is 1. The highest BCUT2D eigenvalue weighted by Gasteiger charge is 2.39. The van der Waals surface area contributed by atoms with E-state index in [-0.39, 0.29) is 5.54 Å². The van der Waals surface area contributed by atoms with Crippen LogP contribution >= 0.6 is 0 Å². The first-order valence-electron chi connectivity index (χ1n) is 5.70. The van der Waals surface area contributed by atoms with Gasteiger partial charge in [0.2, 0.25) is 0 Å². The van der Waals surface area contributed by atoms with E-state index in [0.29, 0.717) is 5.41 Å². The Bertz CT molecular complexity index is 227. The Hall–Kier alpha value is -0.550. The smallest absolute Gasteiger partial charge is 0.107 e. The summed E-state index contributed by atoms with van der Waals surface area (Å²) in [7, 11) is 0. The Kier molecular flexibility index (Phi) is 3.55. The minimum Gasteiger partial charge on any atom is -0.299 e. The molecule has 0 aliphatic heterocycles. The van der Waals surface area contributed by atoms with Gasteiger partial charge in [-0.05, 0) is 37.6 Å². The van der Waals surface area contributed by atoms with Gasteiger partial charge in [0.15, 0.2) is 0 Å². The van der Waals surface area contributed by atoms with E-state index >= 15 is 0 Å². The Labute approximate surface area is 87.7 Å². The standard InChI is InChI=1S/C12H22N2/c1-4-8-14-12(10-13)7-5-6-11(2,3)9-12/h14H,4-9H2,1-3H3. The molecular formula is C12H22N2. The van der Waals surface area contributed by atoms with Gasteiger partial charge in [0.05, 0.1) is 6.07 Å². The molecule has 1 unspecified atom stereocenters. The second-order valence-corrected chi connectivity index (χ2v) is 5.32. The summed E-state index contributed by atoms with van der Waals surface area (Å²) in [4.78, 5) is 0. The molecule has 1 fully saturated rings.